The van der Waals surface area contributed by atoms with E-state index in [1.807, 2.05) is 6.07 Å². The molecule has 1 N–H and O–H groups in total. The topological polar surface area (TPSA) is 61.9 Å². The van der Waals surface area contributed by atoms with Gasteiger partial charge in [0, 0.05) is 25.6 Å². The van der Waals surface area contributed by atoms with Gasteiger partial charge >= 0.3 is 0 Å². The zero-order chi connectivity index (χ0) is 20.3. The van der Waals surface area contributed by atoms with E-state index in [0.29, 0.717) is 26.2 Å². The van der Waals surface area contributed by atoms with Crippen molar-refractivity contribution >= 4 is 11.8 Å². The van der Waals surface area contributed by atoms with Crippen molar-refractivity contribution in [3.05, 3.63) is 35.9 Å². The molecule has 29 heavy (non-hydrogen) atoms. The number of carbonyl (C=O) groups is 2. The van der Waals surface area contributed by atoms with Crippen molar-refractivity contribution in [3.8, 4) is 0 Å². The van der Waals surface area contributed by atoms with Crippen molar-refractivity contribution in [3.63, 3.8) is 0 Å². The molecule has 3 saturated heterocycles. The van der Waals surface area contributed by atoms with Crippen LogP contribution in [0.5, 0.6) is 0 Å². The van der Waals surface area contributed by atoms with E-state index in [2.05, 4.69) is 46.3 Å². The van der Waals surface area contributed by atoms with E-state index in [9.17, 15) is 9.59 Å². The number of likely N-dealkylation sites (tertiary alicyclic amines) is 1. The molecule has 0 aliphatic carbocycles. The molecule has 0 saturated carbocycles. The summed E-state index contributed by atoms with van der Waals surface area (Å²) in [6.45, 7) is 5.58. The minimum Gasteiger partial charge on any atom is -0.379 e. The highest BCUT2D eigenvalue weighted by Crippen LogP contribution is 2.39. The number of fused-ring (bicyclic) bond motifs is 1. The Hall–Kier alpha value is -1.92. The Balaban J connectivity index is 1.58. The summed E-state index contributed by atoms with van der Waals surface area (Å²) in [5.41, 5.74) is 0.892. The van der Waals surface area contributed by atoms with Crippen LogP contribution < -0.4 is 5.32 Å². The summed E-state index contributed by atoms with van der Waals surface area (Å²) >= 11 is 0. The van der Waals surface area contributed by atoms with E-state index in [-0.39, 0.29) is 29.4 Å². The van der Waals surface area contributed by atoms with Crippen LogP contribution in [0.1, 0.15) is 44.6 Å². The lowest BCUT2D eigenvalue weighted by Gasteiger charge is -2.39. The molecule has 158 valence electrons. The van der Waals surface area contributed by atoms with Gasteiger partial charge in [-0.15, -0.1) is 0 Å². The average molecular weight is 400 g/mol. The first-order valence-electron chi connectivity index (χ1n) is 11.0. The van der Waals surface area contributed by atoms with Gasteiger partial charge < -0.3 is 15.0 Å². The lowest BCUT2D eigenvalue weighted by molar-refractivity contribution is -0.138. The van der Waals surface area contributed by atoms with E-state index < -0.39 is 0 Å². The van der Waals surface area contributed by atoms with Crippen molar-refractivity contribution in [1.82, 2.24) is 15.1 Å². The molecule has 1 aromatic carbocycles. The quantitative estimate of drug-likeness (QED) is 0.841. The van der Waals surface area contributed by atoms with Crippen molar-refractivity contribution in [1.29, 1.82) is 0 Å². The molecule has 3 fully saturated rings. The van der Waals surface area contributed by atoms with Crippen LogP contribution in [0.3, 0.4) is 0 Å². The zero-order valence-corrected chi connectivity index (χ0v) is 17.4. The smallest absolute Gasteiger partial charge is 0.237 e. The highest BCUT2D eigenvalue weighted by atomic mass is 16.5. The Bertz CT molecular complexity index is 719. The number of ether oxygens (including phenoxy) is 1. The van der Waals surface area contributed by atoms with E-state index in [1.165, 1.54) is 5.56 Å². The third-order valence-corrected chi connectivity index (χ3v) is 6.75. The van der Waals surface area contributed by atoms with E-state index in [1.54, 1.807) is 0 Å². The van der Waals surface area contributed by atoms with Gasteiger partial charge in [-0.05, 0) is 38.2 Å². The molecule has 0 aromatic heterocycles. The summed E-state index contributed by atoms with van der Waals surface area (Å²) in [5, 5.41) is 3.30. The Morgan fingerprint density at radius 2 is 1.97 bits per heavy atom. The molecule has 3 aliphatic heterocycles. The lowest BCUT2D eigenvalue weighted by atomic mass is 9.85. The number of hydrogen-bond acceptors (Lipinski definition) is 4. The van der Waals surface area contributed by atoms with Crippen LogP contribution >= 0.6 is 0 Å². The lowest BCUT2D eigenvalue weighted by Crippen LogP contribution is -2.57. The first kappa shape index (κ1) is 20.4. The third kappa shape index (κ3) is 4.64. The van der Waals surface area contributed by atoms with Gasteiger partial charge in [0.2, 0.25) is 11.8 Å². The van der Waals surface area contributed by atoms with Gasteiger partial charge in [-0.1, -0.05) is 36.8 Å². The predicted octanol–water partition coefficient (Wildman–Crippen LogP) is 1.98. The number of nitrogens with zero attached hydrogens (tertiary/aromatic N) is 2. The van der Waals surface area contributed by atoms with Gasteiger partial charge in [0.1, 0.15) is 0 Å². The highest BCUT2D eigenvalue weighted by molar-refractivity contribution is 5.81. The fourth-order valence-corrected chi connectivity index (χ4v) is 5.35. The number of carbonyl (C=O) groups excluding carboxylic acids is 2. The summed E-state index contributed by atoms with van der Waals surface area (Å²) < 4.78 is 5.44. The maximum atomic E-state index is 13.5. The van der Waals surface area contributed by atoms with Gasteiger partial charge in [0.15, 0.2) is 0 Å². The van der Waals surface area contributed by atoms with Crippen LogP contribution in [0.15, 0.2) is 30.3 Å². The Labute approximate surface area is 173 Å². The molecular formula is C23H33N3O3. The largest absolute Gasteiger partial charge is 0.379 e. The fraction of sp³-hybridized carbons (Fsp3) is 0.652. The molecule has 2 amide bonds. The second-order valence-electron chi connectivity index (χ2n) is 8.96. The zero-order valence-electron chi connectivity index (χ0n) is 17.4. The summed E-state index contributed by atoms with van der Waals surface area (Å²) in [6, 6.07) is 10.6. The van der Waals surface area contributed by atoms with Crippen LogP contribution in [0, 0.1) is 0 Å². The van der Waals surface area contributed by atoms with Gasteiger partial charge in [-0.2, -0.15) is 0 Å². The monoisotopic (exact) mass is 399 g/mol. The number of morpholine rings is 1. The number of rotatable bonds is 4. The van der Waals surface area contributed by atoms with Gasteiger partial charge in [-0.3, -0.25) is 14.5 Å². The van der Waals surface area contributed by atoms with Crippen LogP contribution in [0.25, 0.3) is 0 Å². The number of benzene rings is 1. The average Bonchev–Trinajstić information content (AvgIpc) is 2.95. The summed E-state index contributed by atoms with van der Waals surface area (Å²) in [5.74, 6) is 0.314. The maximum absolute atomic E-state index is 13.5. The standard InChI is InChI=1S/C23H33N3O3/c1-23-16-19(15-18-7-3-2-4-8-18)26(20(23)9-5-6-10-21(27)24-23)22(28)17-25-11-13-29-14-12-25/h2-4,7-8,19-20H,5-6,9-17H2,1H3,(H,24,27)/t19-,20+,23+/m1/s1. The molecular weight excluding hydrogens is 366 g/mol. The molecule has 0 radical (unpaired) electrons. The van der Waals surface area contributed by atoms with Crippen LogP contribution in [0.4, 0.5) is 0 Å². The molecule has 3 atom stereocenters. The molecule has 0 bridgehead atoms. The molecule has 3 heterocycles. The highest BCUT2D eigenvalue weighted by Gasteiger charge is 2.51. The normalized spacial score (nSPS) is 30.9. The molecule has 3 aliphatic rings. The summed E-state index contributed by atoms with van der Waals surface area (Å²) in [6.07, 6.45) is 5.08. The molecule has 6 nitrogen and oxygen atoms in total. The molecule has 6 heteroatoms. The first-order chi connectivity index (χ1) is 14.0. The summed E-state index contributed by atoms with van der Waals surface area (Å²) in [4.78, 5) is 30.3. The molecule has 0 unspecified atom stereocenters. The molecule has 0 spiro atoms. The number of hydrogen-bond donors (Lipinski definition) is 1. The van der Waals surface area contributed by atoms with Crippen LogP contribution in [-0.4, -0.2) is 72.1 Å². The second-order valence-corrected chi connectivity index (χ2v) is 8.96. The molecule has 4 rings (SSSR count). The second kappa shape index (κ2) is 8.84. The van der Waals surface area contributed by atoms with E-state index in [4.69, 9.17) is 4.74 Å². The summed E-state index contributed by atoms with van der Waals surface area (Å²) in [7, 11) is 0. The number of amides is 2. The maximum Gasteiger partial charge on any atom is 0.237 e. The van der Waals surface area contributed by atoms with Crippen molar-refractivity contribution < 1.29 is 14.3 Å². The van der Waals surface area contributed by atoms with E-state index >= 15 is 0 Å². The third-order valence-electron chi connectivity index (χ3n) is 6.75. The molecule has 1 aromatic rings. The van der Waals surface area contributed by atoms with Gasteiger partial charge in [-0.25, -0.2) is 0 Å². The van der Waals surface area contributed by atoms with Crippen molar-refractivity contribution in [2.75, 3.05) is 32.8 Å². The van der Waals surface area contributed by atoms with Crippen molar-refractivity contribution in [2.45, 2.75) is 63.1 Å². The first-order valence-corrected chi connectivity index (χ1v) is 11.0. The fourth-order valence-electron chi connectivity index (χ4n) is 5.35. The van der Waals surface area contributed by atoms with Crippen LogP contribution in [-0.2, 0) is 20.7 Å². The Morgan fingerprint density at radius 1 is 1.21 bits per heavy atom. The minimum atomic E-state index is -0.350. The minimum absolute atomic E-state index is 0.0639. The number of nitrogens with one attached hydrogen (secondary N) is 1. The SMILES string of the molecule is C[C@]12C[C@@H](Cc3ccccc3)N(C(=O)CN3CCOCC3)[C@H]1CCCCC(=O)N2. The predicted molar refractivity (Wildman–Crippen MR) is 111 cm³/mol. The van der Waals surface area contributed by atoms with Crippen molar-refractivity contribution in [2.24, 2.45) is 0 Å². The van der Waals surface area contributed by atoms with Gasteiger partial charge in [0.25, 0.3) is 0 Å². The Kier molecular flexibility index (Phi) is 6.20. The van der Waals surface area contributed by atoms with E-state index in [0.717, 1.165) is 45.2 Å². The Morgan fingerprint density at radius 3 is 2.72 bits per heavy atom. The van der Waals surface area contributed by atoms with Gasteiger partial charge in [0.05, 0.1) is 31.3 Å². The van der Waals surface area contributed by atoms with Crippen LogP contribution in [0.2, 0.25) is 0 Å².